The Hall–Kier alpha value is -9.78. The zero-order valence-electron chi connectivity index (χ0n) is 72.2. The molecule has 0 spiro atoms. The summed E-state index contributed by atoms with van der Waals surface area (Å²) in [5.74, 6) is 0.617. The van der Waals surface area contributed by atoms with E-state index in [1.54, 1.807) is 0 Å². The van der Waals surface area contributed by atoms with Crippen LogP contribution in [0.5, 0.6) is 5.75 Å². The van der Waals surface area contributed by atoms with Crippen LogP contribution in [0.3, 0.4) is 0 Å². The monoisotopic (exact) mass is 2390 g/mol. The van der Waals surface area contributed by atoms with Crippen LogP contribution >= 0.6 is 154 Å². The van der Waals surface area contributed by atoms with Crippen LogP contribution in [0.15, 0.2) is 436 Å². The van der Waals surface area contributed by atoms with Gasteiger partial charge in [-0.3, -0.25) is 0 Å². The van der Waals surface area contributed by atoms with E-state index in [1.807, 2.05) is 54.6 Å². The van der Waals surface area contributed by atoms with Crippen LogP contribution in [0.1, 0.15) is 74.9 Å². The van der Waals surface area contributed by atoms with Crippen molar-refractivity contribution in [2.75, 3.05) is 0 Å². The number of nitrogens with zero attached hydrogens (tertiary/aromatic N) is 2. The van der Waals surface area contributed by atoms with Gasteiger partial charge in [0.2, 0.25) is 0 Å². The lowest BCUT2D eigenvalue weighted by molar-refractivity contribution is 0.454. The second kappa shape index (κ2) is 40.7. The van der Waals surface area contributed by atoms with E-state index in [2.05, 4.69) is 569 Å². The minimum atomic E-state index is 0.0409. The van der Waals surface area contributed by atoms with Crippen molar-refractivity contribution in [3.63, 3.8) is 0 Å². The van der Waals surface area contributed by atoms with Crippen molar-refractivity contribution >= 4 is 205 Å². The van der Waals surface area contributed by atoms with Crippen LogP contribution in [-0.2, 0) is 16.2 Å². The first-order chi connectivity index (χ1) is 63.0. The third-order valence-electron chi connectivity index (χ3n) is 24.6. The second-order valence-corrected chi connectivity index (χ2v) is 42.4. The van der Waals surface area contributed by atoms with Gasteiger partial charge in [-0.2, -0.15) is 0 Å². The Morgan fingerprint density at radius 2 is 0.531 bits per heavy atom. The lowest BCUT2D eigenvalue weighted by Crippen LogP contribution is -2.15. The number of benzene rings is 18. The summed E-state index contributed by atoms with van der Waals surface area (Å²) in [5.41, 5.74) is 34.3. The summed E-state index contributed by atoms with van der Waals surface area (Å²) in [4.78, 5) is 0. The topological polar surface area (TPSA) is 39.3 Å². The maximum Gasteiger partial charge on any atom is 0.569 e. The molecule has 130 heavy (non-hydrogen) atoms. The van der Waals surface area contributed by atoms with Crippen LogP contribution in [0.4, 0.5) is 0 Å². The predicted octanol–water partition coefficient (Wildman–Crippen LogP) is 36.0. The van der Waals surface area contributed by atoms with Gasteiger partial charge >= 0.3 is 7.69 Å². The Morgan fingerprint density at radius 3 is 1.01 bits per heavy atom. The van der Waals surface area contributed by atoms with Gasteiger partial charge in [0.05, 0.1) is 22.1 Å². The van der Waals surface area contributed by atoms with E-state index in [0.29, 0.717) is 13.4 Å². The third kappa shape index (κ3) is 20.0. The van der Waals surface area contributed by atoms with Gasteiger partial charge in [-0.15, -0.1) is 0 Å². The molecule has 13 heteroatoms. The minimum absolute atomic E-state index is 0.0409. The van der Waals surface area contributed by atoms with Crippen molar-refractivity contribution in [3.8, 4) is 95.0 Å². The summed E-state index contributed by atoms with van der Waals surface area (Å²) in [6, 6.07) is 148. The van der Waals surface area contributed by atoms with Gasteiger partial charge in [0.1, 0.15) is 5.75 Å². The molecule has 2 heterocycles. The highest BCUT2D eigenvalue weighted by Crippen LogP contribution is 2.53. The summed E-state index contributed by atoms with van der Waals surface area (Å²) in [7, 11) is 0.706. The Balaban J connectivity index is 0.000000107. The SMILES string of the molecule is Brc1ccc(-c2ccc(I)cc2)cc1.CC1(C)c2cc(Br)ccc2-c2ccc(-c3ccccc3)cc21.CC1(C)c2cc(Br)ccc2-c2ccc(I)cc21.CC1(C)c2ccccc2-c2ccc(Br)cc21.Ic1ccc(-c2cccc(-c3ccccc3)c2)cc1.Ic1ccc2c(c1)c1ccccc1n2-c1ccccc1.O[B]Oc1ccc2c(c1)c1ccccc1n2-c1ccccc1. The van der Waals surface area contributed by atoms with Gasteiger partial charge in [-0.1, -0.05) is 354 Å². The number of fused-ring (bicyclic) bond motifs is 15. The maximum absolute atomic E-state index is 8.84. The summed E-state index contributed by atoms with van der Waals surface area (Å²) >= 11 is 23.6. The molecule has 0 aliphatic heterocycles. The average Bonchev–Trinajstić information content (AvgIpc) is 1.58. The molecule has 3 aliphatic rings. The molecule has 0 fully saturated rings. The van der Waals surface area contributed by atoms with Gasteiger partial charge in [-0.25, -0.2) is 0 Å². The first-order valence-electron chi connectivity index (χ1n) is 42.9. The Morgan fingerprint density at radius 1 is 0.231 bits per heavy atom. The van der Waals surface area contributed by atoms with E-state index in [1.165, 1.54) is 153 Å². The molecule has 3 aliphatic carbocycles. The molecular formula is C117H88BBr4I4N2O2. The Labute approximate surface area is 851 Å². The normalized spacial score (nSPS) is 12.6. The molecule has 637 valence electrons. The molecule has 0 saturated heterocycles. The van der Waals surface area contributed by atoms with Crippen molar-refractivity contribution in [2.45, 2.75) is 57.8 Å². The molecule has 0 bridgehead atoms. The van der Waals surface area contributed by atoms with Crippen LogP contribution in [0, 0.1) is 14.3 Å². The molecule has 0 atom stereocenters. The fraction of sp³-hybridized carbons (Fsp3) is 0.0769. The predicted molar refractivity (Wildman–Crippen MR) is 598 cm³/mol. The van der Waals surface area contributed by atoms with E-state index in [-0.39, 0.29) is 16.2 Å². The van der Waals surface area contributed by atoms with Gasteiger partial charge in [0.25, 0.3) is 0 Å². The largest absolute Gasteiger partial charge is 0.569 e. The van der Waals surface area contributed by atoms with E-state index < -0.39 is 0 Å². The fourth-order valence-electron chi connectivity index (χ4n) is 18.1. The lowest BCUT2D eigenvalue weighted by Gasteiger charge is -2.22. The zero-order chi connectivity index (χ0) is 90.4. The number of halogens is 8. The number of aromatic nitrogens is 2. The van der Waals surface area contributed by atoms with E-state index in [4.69, 9.17) is 9.68 Å². The average molecular weight is 2390 g/mol. The number of hydrogen-bond donors (Lipinski definition) is 1. The molecule has 2 aromatic heterocycles. The number of para-hydroxylation sites is 4. The van der Waals surface area contributed by atoms with Crippen LogP contribution in [0.2, 0.25) is 0 Å². The van der Waals surface area contributed by atoms with E-state index in [0.717, 1.165) is 45.4 Å². The highest BCUT2D eigenvalue weighted by molar-refractivity contribution is 14.1. The van der Waals surface area contributed by atoms with Gasteiger partial charge in [0.15, 0.2) is 0 Å². The summed E-state index contributed by atoms with van der Waals surface area (Å²) in [5, 5.41) is 13.7. The molecule has 1 N–H and O–H groups in total. The highest BCUT2D eigenvalue weighted by Gasteiger charge is 2.38. The van der Waals surface area contributed by atoms with Gasteiger partial charge in [-0.05, 0) is 371 Å². The highest BCUT2D eigenvalue weighted by atomic mass is 127. The van der Waals surface area contributed by atoms with Crippen molar-refractivity contribution in [2.24, 2.45) is 0 Å². The second-order valence-electron chi connectivity index (χ2n) is 33.7. The van der Waals surface area contributed by atoms with E-state index >= 15 is 0 Å². The Bertz CT molecular complexity index is 7380. The molecule has 0 unspecified atom stereocenters. The number of rotatable bonds is 8. The standard InChI is InChI=1S/C21H17Br.C18H13BNO2.C18H12IN.C18H13I.C15H12BrI.C15H13Br.C12H8BrI/c1-21(2)19-12-15(14-6-4-3-5-7-14)8-10-17(19)18-11-9-16(22)13-20(18)21;21-19-22-14-10-11-18-16(12-14)15-8-4-5-9-17(15)20(18)13-6-2-1-3-7-13;19-13-10-11-18-16(12-13)15-8-4-5-9-17(15)20(18)14-6-2-1-3-7-14;19-18-11-9-15(10-12-18)17-8-4-7-16(13-17)14-5-2-1-3-6-14;1-15(2)13-7-9(16)3-5-11(13)12-6-4-10(17)8-14(12)15;1-15(2)13-6-4-3-5-11(13)12-8-7-10(16)9-14(12)15;13-11-5-1-9(2-6-11)10-3-7-12(14)8-4-10/h3-13H,1-2H3;1-12,21H;1-12H;1-13H;3-8H,1-2H3;3-9H,1-2H3;1-8H. The van der Waals surface area contributed by atoms with Crippen molar-refractivity contribution < 1.29 is 9.68 Å². The van der Waals surface area contributed by atoms with Gasteiger partial charge in [0, 0.05) is 81.3 Å². The van der Waals surface area contributed by atoms with Gasteiger partial charge < -0.3 is 18.8 Å². The summed E-state index contributed by atoms with van der Waals surface area (Å²) in [6.45, 7) is 13.8. The summed E-state index contributed by atoms with van der Waals surface area (Å²) < 4.78 is 19.4. The summed E-state index contributed by atoms with van der Waals surface area (Å²) in [6.07, 6.45) is 0. The van der Waals surface area contributed by atoms with Crippen molar-refractivity contribution in [3.05, 3.63) is 484 Å². The van der Waals surface area contributed by atoms with Crippen LogP contribution < -0.4 is 4.65 Å². The number of hydrogen-bond acceptors (Lipinski definition) is 2. The van der Waals surface area contributed by atoms with Crippen molar-refractivity contribution in [1.29, 1.82) is 0 Å². The zero-order valence-corrected chi connectivity index (χ0v) is 87.2. The molecule has 4 nitrogen and oxygen atoms in total. The lowest BCUT2D eigenvalue weighted by atomic mass is 9.81. The molecule has 0 saturated carbocycles. The molecular weight excluding hydrogens is 2300 g/mol. The molecule has 20 aromatic rings. The first-order valence-corrected chi connectivity index (χ1v) is 50.4. The quantitative estimate of drug-likeness (QED) is 0.122. The smallest absolute Gasteiger partial charge is 0.537 e. The molecule has 0 amide bonds. The molecule has 18 aromatic carbocycles. The molecule has 23 rings (SSSR count). The van der Waals surface area contributed by atoms with Crippen LogP contribution in [0.25, 0.3) is 133 Å². The Kier molecular flexibility index (Phi) is 28.9. The molecule has 1 radical (unpaired) electrons. The first kappa shape index (κ1) is 92.1. The fourth-order valence-corrected chi connectivity index (χ4v) is 21.1. The third-order valence-corrected chi connectivity index (χ3v) is 29.3. The van der Waals surface area contributed by atoms with E-state index in [9.17, 15) is 0 Å². The maximum atomic E-state index is 8.84. The van der Waals surface area contributed by atoms with Crippen molar-refractivity contribution in [1.82, 2.24) is 9.13 Å². The van der Waals surface area contributed by atoms with Crippen LogP contribution in [-0.4, -0.2) is 21.8 Å². The minimum Gasteiger partial charge on any atom is -0.537 e.